The van der Waals surface area contributed by atoms with Crippen LogP contribution in [-0.4, -0.2) is 36.5 Å². The van der Waals surface area contributed by atoms with Crippen LogP contribution < -0.4 is 11.1 Å². The molecule has 6 nitrogen and oxygen atoms in total. The van der Waals surface area contributed by atoms with Crippen LogP contribution in [0.3, 0.4) is 0 Å². The van der Waals surface area contributed by atoms with Gasteiger partial charge in [0.25, 0.3) is 0 Å². The number of nitrogens with two attached hydrogens (primary N) is 1. The number of methoxy groups -OCH3 is 1. The maximum atomic E-state index is 9.06. The van der Waals surface area contributed by atoms with E-state index in [1.54, 1.807) is 0 Å². The molecule has 0 amide bonds. The quantitative estimate of drug-likeness (QED) is 0.645. The lowest BCUT2D eigenvalue weighted by molar-refractivity contribution is 0.153. The van der Waals surface area contributed by atoms with Crippen molar-refractivity contribution in [1.82, 2.24) is 4.98 Å². The number of rotatable bonds is 5. The summed E-state index contributed by atoms with van der Waals surface area (Å²) >= 11 is 0. The van der Waals surface area contributed by atoms with Crippen LogP contribution >= 0.6 is 0 Å². The number of aliphatic hydroxyl groups is 1. The number of ether oxygens (including phenoxy) is 1. The fraction of sp³-hybridized carbons (Fsp3) is 0.400. The van der Waals surface area contributed by atoms with E-state index < -0.39 is 0 Å². The third-order valence-electron chi connectivity index (χ3n) is 2.04. The molecule has 0 aromatic carbocycles. The number of hydrogen-bond acceptors (Lipinski definition) is 6. The van der Waals surface area contributed by atoms with Gasteiger partial charge in [-0.1, -0.05) is 0 Å². The fourth-order valence-corrected chi connectivity index (χ4v) is 1.22. The van der Waals surface area contributed by atoms with Crippen molar-refractivity contribution in [3.63, 3.8) is 0 Å². The van der Waals surface area contributed by atoms with Crippen LogP contribution in [0.1, 0.15) is 5.56 Å². The van der Waals surface area contributed by atoms with Gasteiger partial charge in [0.05, 0.1) is 30.5 Å². The van der Waals surface area contributed by atoms with Crippen LogP contribution in [0.4, 0.5) is 11.5 Å². The number of nitrogens with zero attached hydrogens (tertiary/aromatic N) is 2. The summed E-state index contributed by atoms with van der Waals surface area (Å²) in [5, 5.41) is 20.7. The molecular formula is C10H14N4O2. The third-order valence-corrected chi connectivity index (χ3v) is 2.04. The summed E-state index contributed by atoms with van der Waals surface area (Å²) in [5.74, 6) is 0.384. The van der Waals surface area contributed by atoms with Crippen molar-refractivity contribution in [2.24, 2.45) is 0 Å². The van der Waals surface area contributed by atoms with Gasteiger partial charge in [-0.3, -0.25) is 0 Å². The van der Waals surface area contributed by atoms with Crippen molar-refractivity contribution < 1.29 is 9.84 Å². The van der Waals surface area contributed by atoms with E-state index in [1.165, 1.54) is 19.4 Å². The van der Waals surface area contributed by atoms with Gasteiger partial charge in [0.15, 0.2) is 5.82 Å². The molecule has 0 bridgehead atoms. The van der Waals surface area contributed by atoms with Crippen molar-refractivity contribution in [2.75, 3.05) is 31.4 Å². The van der Waals surface area contributed by atoms with Gasteiger partial charge in [-0.15, -0.1) is 0 Å². The van der Waals surface area contributed by atoms with E-state index in [9.17, 15) is 0 Å². The Hall–Kier alpha value is -1.84. The molecule has 0 aliphatic rings. The second-order valence-corrected chi connectivity index (χ2v) is 3.21. The van der Waals surface area contributed by atoms with Gasteiger partial charge in [-0.05, 0) is 6.07 Å². The molecular weight excluding hydrogens is 208 g/mol. The lowest BCUT2D eigenvalue weighted by atomic mass is 10.2. The zero-order valence-corrected chi connectivity index (χ0v) is 8.97. The first-order valence-electron chi connectivity index (χ1n) is 4.73. The molecule has 0 aliphatic carbocycles. The van der Waals surface area contributed by atoms with Crippen LogP contribution in [0, 0.1) is 11.3 Å². The fourth-order valence-electron chi connectivity index (χ4n) is 1.22. The zero-order valence-electron chi connectivity index (χ0n) is 8.97. The number of aromatic nitrogens is 1. The minimum Gasteiger partial charge on any atom is -0.395 e. The topological polar surface area (TPSA) is 104 Å². The summed E-state index contributed by atoms with van der Waals surface area (Å²) in [6.07, 6.45) is 1.48. The molecule has 86 valence electrons. The molecule has 0 radical (unpaired) electrons. The van der Waals surface area contributed by atoms with Gasteiger partial charge >= 0.3 is 0 Å². The Morgan fingerprint density at radius 1 is 1.75 bits per heavy atom. The van der Waals surface area contributed by atoms with E-state index in [1.807, 2.05) is 6.07 Å². The summed E-state index contributed by atoms with van der Waals surface area (Å²) in [6, 6.07) is 3.20. The van der Waals surface area contributed by atoms with Crippen LogP contribution in [0.5, 0.6) is 0 Å². The normalized spacial score (nSPS) is 11.8. The first-order valence-corrected chi connectivity index (χ1v) is 4.73. The number of anilines is 2. The molecule has 1 unspecified atom stereocenters. The van der Waals surface area contributed by atoms with Gasteiger partial charge in [-0.2, -0.15) is 5.26 Å². The van der Waals surface area contributed by atoms with Gasteiger partial charge < -0.3 is 20.9 Å². The highest BCUT2D eigenvalue weighted by Gasteiger charge is 2.11. The van der Waals surface area contributed by atoms with E-state index in [0.29, 0.717) is 18.0 Å². The zero-order chi connectivity index (χ0) is 12.0. The number of aliphatic hydroxyl groups excluding tert-OH is 1. The average molecular weight is 222 g/mol. The number of nitriles is 1. The minimum atomic E-state index is -0.297. The summed E-state index contributed by atoms with van der Waals surface area (Å²) < 4.78 is 4.91. The highest BCUT2D eigenvalue weighted by Crippen LogP contribution is 2.19. The number of nitrogens with one attached hydrogen (secondary N) is 1. The van der Waals surface area contributed by atoms with E-state index in [-0.39, 0.29) is 18.3 Å². The van der Waals surface area contributed by atoms with E-state index in [0.717, 1.165) is 0 Å². The molecule has 1 heterocycles. The first-order chi connectivity index (χ1) is 7.72. The molecule has 0 aliphatic heterocycles. The molecule has 0 spiro atoms. The highest BCUT2D eigenvalue weighted by molar-refractivity contribution is 5.69. The standard InChI is InChI=1S/C10H14N4O2/c1-16-6-8(5-15)14-10-9(12)7(4-11)2-3-13-10/h2-3,8,15H,5-6,12H2,1H3,(H,13,14). The van der Waals surface area contributed by atoms with Crippen molar-refractivity contribution in [1.29, 1.82) is 5.26 Å². The molecule has 0 fully saturated rings. The first kappa shape index (κ1) is 12.2. The average Bonchev–Trinajstić information content (AvgIpc) is 2.31. The minimum absolute atomic E-state index is 0.105. The number of nitrogen functional groups attached to an aromatic ring is 1. The lowest BCUT2D eigenvalue weighted by Crippen LogP contribution is -2.29. The molecule has 0 saturated heterocycles. The van der Waals surface area contributed by atoms with Crippen molar-refractivity contribution in [3.05, 3.63) is 17.8 Å². The van der Waals surface area contributed by atoms with Gasteiger partial charge in [-0.25, -0.2) is 4.98 Å². The Balaban J connectivity index is 2.84. The smallest absolute Gasteiger partial charge is 0.150 e. The second kappa shape index (κ2) is 5.90. The largest absolute Gasteiger partial charge is 0.395 e. The Morgan fingerprint density at radius 3 is 3.06 bits per heavy atom. The molecule has 1 aromatic heterocycles. The van der Waals surface area contributed by atoms with Gasteiger partial charge in [0, 0.05) is 13.3 Å². The number of pyridine rings is 1. The summed E-state index contributed by atoms with van der Waals surface area (Å²) in [6.45, 7) is 0.222. The summed E-state index contributed by atoms with van der Waals surface area (Å²) in [7, 11) is 1.53. The highest BCUT2D eigenvalue weighted by atomic mass is 16.5. The van der Waals surface area contributed by atoms with Crippen LogP contribution in [0.15, 0.2) is 12.3 Å². The van der Waals surface area contributed by atoms with Crippen LogP contribution in [0.2, 0.25) is 0 Å². The lowest BCUT2D eigenvalue weighted by Gasteiger charge is -2.17. The Morgan fingerprint density at radius 2 is 2.50 bits per heavy atom. The monoisotopic (exact) mass is 222 g/mol. The van der Waals surface area contributed by atoms with E-state index >= 15 is 0 Å². The molecule has 1 aromatic rings. The van der Waals surface area contributed by atoms with Crippen molar-refractivity contribution in [2.45, 2.75) is 6.04 Å². The Kier molecular flexibility index (Phi) is 4.51. The molecule has 16 heavy (non-hydrogen) atoms. The Bertz CT molecular complexity index is 389. The molecule has 0 saturated carbocycles. The predicted molar refractivity (Wildman–Crippen MR) is 59.7 cm³/mol. The van der Waals surface area contributed by atoms with Crippen LogP contribution in [-0.2, 0) is 4.74 Å². The maximum absolute atomic E-state index is 9.06. The van der Waals surface area contributed by atoms with Gasteiger partial charge in [0.1, 0.15) is 6.07 Å². The van der Waals surface area contributed by atoms with Crippen LogP contribution in [0.25, 0.3) is 0 Å². The van der Waals surface area contributed by atoms with E-state index in [2.05, 4.69) is 10.3 Å². The number of hydrogen-bond donors (Lipinski definition) is 3. The van der Waals surface area contributed by atoms with Crippen molar-refractivity contribution in [3.8, 4) is 6.07 Å². The van der Waals surface area contributed by atoms with E-state index in [4.69, 9.17) is 20.8 Å². The SMILES string of the molecule is COCC(CO)Nc1nccc(C#N)c1N. The molecule has 1 rings (SSSR count). The molecule has 4 N–H and O–H groups in total. The predicted octanol–water partition coefficient (Wildman–Crippen LogP) is -0.0453. The molecule has 1 atom stereocenters. The maximum Gasteiger partial charge on any atom is 0.150 e. The Labute approximate surface area is 93.7 Å². The summed E-state index contributed by atoms with van der Waals surface area (Å²) in [4.78, 5) is 4.00. The third kappa shape index (κ3) is 2.82. The van der Waals surface area contributed by atoms with Gasteiger partial charge in [0.2, 0.25) is 0 Å². The summed E-state index contributed by atoms with van der Waals surface area (Å²) in [5.41, 5.74) is 6.35. The second-order valence-electron chi connectivity index (χ2n) is 3.21. The molecule has 6 heteroatoms. The van der Waals surface area contributed by atoms with Crippen molar-refractivity contribution >= 4 is 11.5 Å².